The number of aryl methyl sites for hydroxylation is 1. The number of hydrogen-bond donors (Lipinski definition) is 1. The van der Waals surface area contributed by atoms with E-state index in [1.807, 2.05) is 17.5 Å². The summed E-state index contributed by atoms with van der Waals surface area (Å²) in [4.78, 5) is 18.9. The lowest BCUT2D eigenvalue weighted by molar-refractivity contribution is 0.207. The first-order valence-electron chi connectivity index (χ1n) is 6.07. The van der Waals surface area contributed by atoms with Gasteiger partial charge in [-0.1, -0.05) is 6.07 Å². The second kappa shape index (κ2) is 6.33. The van der Waals surface area contributed by atoms with E-state index in [-0.39, 0.29) is 6.03 Å². The molecule has 100 valence electrons. The summed E-state index contributed by atoms with van der Waals surface area (Å²) in [6.07, 6.45) is 3.47. The standard InChI is InChI=1S/C14H17N3OS/c1-11-5-7-19-13(11)10-17(2)14(18)16-9-12-4-3-6-15-8-12/h3-8H,9-10H2,1-2H3,(H,16,18). The van der Waals surface area contributed by atoms with Gasteiger partial charge < -0.3 is 10.2 Å². The molecule has 0 aliphatic rings. The molecule has 2 rings (SSSR count). The van der Waals surface area contributed by atoms with Gasteiger partial charge >= 0.3 is 6.03 Å². The molecule has 19 heavy (non-hydrogen) atoms. The third-order valence-electron chi connectivity index (χ3n) is 2.86. The molecule has 0 bridgehead atoms. The highest BCUT2D eigenvalue weighted by molar-refractivity contribution is 7.10. The molecule has 0 saturated carbocycles. The van der Waals surface area contributed by atoms with Crippen molar-refractivity contribution >= 4 is 17.4 Å². The molecule has 5 heteroatoms. The summed E-state index contributed by atoms with van der Waals surface area (Å²) >= 11 is 1.68. The Hall–Kier alpha value is -1.88. The number of urea groups is 1. The fraction of sp³-hybridized carbons (Fsp3) is 0.286. The molecular formula is C14H17N3OS. The van der Waals surface area contributed by atoms with Gasteiger partial charge in [-0.3, -0.25) is 4.98 Å². The van der Waals surface area contributed by atoms with Crippen LogP contribution in [0.25, 0.3) is 0 Å². The van der Waals surface area contributed by atoms with Crippen molar-refractivity contribution in [1.29, 1.82) is 0 Å². The number of nitrogens with zero attached hydrogens (tertiary/aromatic N) is 2. The highest BCUT2D eigenvalue weighted by Gasteiger charge is 2.10. The van der Waals surface area contributed by atoms with Gasteiger partial charge in [-0.2, -0.15) is 0 Å². The Bertz CT molecular complexity index is 539. The summed E-state index contributed by atoms with van der Waals surface area (Å²) in [6, 6.07) is 5.80. The van der Waals surface area contributed by atoms with Crippen LogP contribution in [0.5, 0.6) is 0 Å². The van der Waals surface area contributed by atoms with Crippen molar-refractivity contribution in [3.63, 3.8) is 0 Å². The predicted octanol–water partition coefficient (Wildman–Crippen LogP) is 2.79. The van der Waals surface area contributed by atoms with Crippen LogP contribution in [0.3, 0.4) is 0 Å². The van der Waals surface area contributed by atoms with Gasteiger partial charge in [0.1, 0.15) is 0 Å². The summed E-state index contributed by atoms with van der Waals surface area (Å²) in [7, 11) is 1.80. The molecule has 0 radical (unpaired) electrons. The van der Waals surface area contributed by atoms with Gasteiger partial charge in [0.25, 0.3) is 0 Å². The lowest BCUT2D eigenvalue weighted by Crippen LogP contribution is -2.36. The third kappa shape index (κ3) is 3.79. The maximum absolute atomic E-state index is 12.0. The molecule has 1 N–H and O–H groups in total. The predicted molar refractivity (Wildman–Crippen MR) is 77.0 cm³/mol. The molecule has 0 aliphatic heterocycles. The Morgan fingerprint density at radius 2 is 2.32 bits per heavy atom. The van der Waals surface area contributed by atoms with Crippen molar-refractivity contribution in [3.05, 3.63) is 52.0 Å². The zero-order chi connectivity index (χ0) is 13.7. The molecule has 0 unspecified atom stereocenters. The minimum atomic E-state index is -0.0725. The molecule has 2 aromatic rings. The Balaban J connectivity index is 1.84. The number of amides is 2. The Labute approximate surface area is 117 Å². The molecule has 0 aromatic carbocycles. The smallest absolute Gasteiger partial charge is 0.317 e. The van der Waals surface area contributed by atoms with Crippen LogP contribution in [-0.2, 0) is 13.1 Å². The number of carbonyl (C=O) groups is 1. The first-order valence-corrected chi connectivity index (χ1v) is 6.95. The van der Waals surface area contributed by atoms with E-state index < -0.39 is 0 Å². The average Bonchev–Trinajstić information content (AvgIpc) is 2.82. The number of hydrogen-bond acceptors (Lipinski definition) is 3. The summed E-state index contributed by atoms with van der Waals surface area (Å²) < 4.78 is 0. The van der Waals surface area contributed by atoms with E-state index >= 15 is 0 Å². The molecule has 4 nitrogen and oxygen atoms in total. The Morgan fingerprint density at radius 3 is 2.95 bits per heavy atom. The van der Waals surface area contributed by atoms with E-state index in [0.717, 1.165) is 5.56 Å². The number of aromatic nitrogens is 1. The van der Waals surface area contributed by atoms with Crippen molar-refractivity contribution in [2.75, 3.05) is 7.05 Å². The van der Waals surface area contributed by atoms with Crippen LogP contribution in [0.15, 0.2) is 36.0 Å². The van der Waals surface area contributed by atoms with Crippen molar-refractivity contribution in [1.82, 2.24) is 15.2 Å². The van der Waals surface area contributed by atoms with Gasteiger partial charge in [-0.25, -0.2) is 4.79 Å². The summed E-state index contributed by atoms with van der Waals surface area (Å²) in [5.74, 6) is 0. The van der Waals surface area contributed by atoms with E-state index in [0.29, 0.717) is 13.1 Å². The maximum atomic E-state index is 12.0. The zero-order valence-corrected chi connectivity index (χ0v) is 11.9. The zero-order valence-electron chi connectivity index (χ0n) is 11.1. The SMILES string of the molecule is Cc1ccsc1CN(C)C(=O)NCc1cccnc1. The third-order valence-corrected chi connectivity index (χ3v) is 3.87. The van der Waals surface area contributed by atoms with Crippen LogP contribution < -0.4 is 5.32 Å². The molecule has 2 aromatic heterocycles. The second-order valence-electron chi connectivity index (χ2n) is 4.40. The van der Waals surface area contributed by atoms with Gasteiger partial charge in [0.05, 0.1) is 6.54 Å². The van der Waals surface area contributed by atoms with Crippen LogP contribution in [0.2, 0.25) is 0 Å². The van der Waals surface area contributed by atoms with Gasteiger partial charge in [-0.15, -0.1) is 11.3 Å². The summed E-state index contributed by atoms with van der Waals surface area (Å²) in [5, 5.41) is 4.93. The van der Waals surface area contributed by atoms with Crippen molar-refractivity contribution in [2.45, 2.75) is 20.0 Å². The minimum absolute atomic E-state index is 0.0725. The Morgan fingerprint density at radius 1 is 1.47 bits per heavy atom. The van der Waals surface area contributed by atoms with Crippen LogP contribution in [0.1, 0.15) is 16.0 Å². The fourth-order valence-electron chi connectivity index (χ4n) is 1.67. The van der Waals surface area contributed by atoms with Crippen LogP contribution in [0, 0.1) is 6.92 Å². The van der Waals surface area contributed by atoms with Gasteiger partial charge in [0.2, 0.25) is 0 Å². The normalized spacial score (nSPS) is 10.2. The number of nitrogens with one attached hydrogen (secondary N) is 1. The van der Waals surface area contributed by atoms with Crippen molar-refractivity contribution in [3.8, 4) is 0 Å². The van der Waals surface area contributed by atoms with E-state index in [4.69, 9.17) is 0 Å². The van der Waals surface area contributed by atoms with Crippen molar-refractivity contribution in [2.24, 2.45) is 0 Å². The van der Waals surface area contributed by atoms with Gasteiger partial charge in [0, 0.05) is 30.9 Å². The minimum Gasteiger partial charge on any atom is -0.334 e. The molecular weight excluding hydrogens is 258 g/mol. The molecule has 0 spiro atoms. The molecule has 0 fully saturated rings. The molecule has 2 amide bonds. The first-order chi connectivity index (χ1) is 9.16. The van der Waals surface area contributed by atoms with Crippen LogP contribution in [0.4, 0.5) is 4.79 Å². The number of pyridine rings is 1. The number of carbonyl (C=O) groups excluding carboxylic acids is 1. The second-order valence-corrected chi connectivity index (χ2v) is 5.40. The topological polar surface area (TPSA) is 45.2 Å². The highest BCUT2D eigenvalue weighted by Crippen LogP contribution is 2.17. The monoisotopic (exact) mass is 275 g/mol. The van der Waals surface area contributed by atoms with E-state index in [2.05, 4.69) is 23.3 Å². The lowest BCUT2D eigenvalue weighted by atomic mass is 10.3. The van der Waals surface area contributed by atoms with Crippen LogP contribution in [-0.4, -0.2) is 23.0 Å². The van der Waals surface area contributed by atoms with Gasteiger partial charge in [0.15, 0.2) is 0 Å². The lowest BCUT2D eigenvalue weighted by Gasteiger charge is -2.17. The Kier molecular flexibility index (Phi) is 4.52. The number of thiophene rings is 1. The highest BCUT2D eigenvalue weighted by atomic mass is 32.1. The molecule has 0 aliphatic carbocycles. The largest absolute Gasteiger partial charge is 0.334 e. The maximum Gasteiger partial charge on any atom is 0.317 e. The quantitative estimate of drug-likeness (QED) is 0.932. The first kappa shape index (κ1) is 13.5. The molecule has 2 heterocycles. The summed E-state index contributed by atoms with van der Waals surface area (Å²) in [6.45, 7) is 3.20. The fourth-order valence-corrected chi connectivity index (χ4v) is 2.63. The van der Waals surface area contributed by atoms with E-state index in [9.17, 15) is 4.79 Å². The van der Waals surface area contributed by atoms with Crippen LogP contribution >= 0.6 is 11.3 Å². The summed E-state index contributed by atoms with van der Waals surface area (Å²) in [5.41, 5.74) is 2.23. The molecule has 0 saturated heterocycles. The number of rotatable bonds is 4. The average molecular weight is 275 g/mol. The van der Waals surface area contributed by atoms with Gasteiger partial charge in [-0.05, 0) is 35.6 Å². The molecule has 0 atom stereocenters. The van der Waals surface area contributed by atoms with E-state index in [1.165, 1.54) is 10.4 Å². The van der Waals surface area contributed by atoms with Crippen molar-refractivity contribution < 1.29 is 4.79 Å². The van der Waals surface area contributed by atoms with E-state index in [1.54, 1.807) is 35.7 Å².